The predicted octanol–water partition coefficient (Wildman–Crippen LogP) is 2.15. The Balaban J connectivity index is 1.76. The summed E-state index contributed by atoms with van der Waals surface area (Å²) >= 11 is 0. The van der Waals surface area contributed by atoms with Gasteiger partial charge in [0.05, 0.1) is 6.61 Å². The minimum atomic E-state index is 0.592. The maximum Gasteiger partial charge on any atom is 0.218 e. The molecule has 1 atom stereocenters. The molecule has 1 saturated carbocycles. The Bertz CT molecular complexity index is 469. The van der Waals surface area contributed by atoms with Crippen LogP contribution in [0.3, 0.4) is 0 Å². The van der Waals surface area contributed by atoms with Gasteiger partial charge in [0.1, 0.15) is 11.6 Å². The van der Waals surface area contributed by atoms with Gasteiger partial charge < -0.3 is 15.0 Å². The van der Waals surface area contributed by atoms with Gasteiger partial charge in [-0.25, -0.2) is 4.98 Å². The van der Waals surface area contributed by atoms with Crippen LogP contribution in [0.5, 0.6) is 5.88 Å². The number of ether oxygens (including phenoxy) is 1. The van der Waals surface area contributed by atoms with Gasteiger partial charge in [-0.05, 0) is 52.0 Å². The number of hydrogen-bond acceptors (Lipinski definition) is 5. The third-order valence-electron chi connectivity index (χ3n) is 4.20. The second-order valence-corrected chi connectivity index (χ2v) is 6.19. The molecule has 1 saturated heterocycles. The first-order valence-electron chi connectivity index (χ1n) is 8.21. The summed E-state index contributed by atoms with van der Waals surface area (Å²) in [4.78, 5) is 11.4. The number of nitrogens with one attached hydrogen (secondary N) is 1. The van der Waals surface area contributed by atoms with Crippen molar-refractivity contribution in [2.24, 2.45) is 5.92 Å². The molecule has 1 aromatic heterocycles. The largest absolute Gasteiger partial charge is 0.478 e. The normalized spacial score (nSPS) is 21.5. The van der Waals surface area contributed by atoms with Gasteiger partial charge in [0.25, 0.3) is 0 Å². The molecule has 2 heterocycles. The van der Waals surface area contributed by atoms with Gasteiger partial charge in [-0.2, -0.15) is 4.98 Å². The summed E-state index contributed by atoms with van der Waals surface area (Å²) < 4.78 is 5.57. The molecule has 1 unspecified atom stereocenters. The average molecular weight is 290 g/mol. The van der Waals surface area contributed by atoms with Crippen LogP contribution in [0.1, 0.15) is 38.4 Å². The minimum Gasteiger partial charge on any atom is -0.478 e. The van der Waals surface area contributed by atoms with Crippen LogP contribution < -0.4 is 15.0 Å². The van der Waals surface area contributed by atoms with Crippen molar-refractivity contribution >= 4 is 5.82 Å². The van der Waals surface area contributed by atoms with E-state index in [2.05, 4.69) is 20.2 Å². The van der Waals surface area contributed by atoms with E-state index in [0.717, 1.165) is 37.2 Å². The van der Waals surface area contributed by atoms with Crippen LogP contribution in [0, 0.1) is 12.8 Å². The van der Waals surface area contributed by atoms with Gasteiger partial charge in [-0.1, -0.05) is 0 Å². The van der Waals surface area contributed by atoms with Crippen molar-refractivity contribution in [3.05, 3.63) is 11.9 Å². The number of nitrogens with zero attached hydrogens (tertiary/aromatic N) is 3. The van der Waals surface area contributed by atoms with Crippen LogP contribution >= 0.6 is 0 Å². The molecule has 1 aliphatic carbocycles. The quantitative estimate of drug-likeness (QED) is 0.834. The van der Waals surface area contributed by atoms with Crippen molar-refractivity contribution in [1.29, 1.82) is 0 Å². The van der Waals surface area contributed by atoms with Crippen molar-refractivity contribution in [1.82, 2.24) is 15.3 Å². The maximum absolute atomic E-state index is 5.57. The van der Waals surface area contributed by atoms with Crippen LogP contribution in [-0.4, -0.2) is 42.3 Å². The first-order chi connectivity index (χ1) is 10.2. The Kier molecular flexibility index (Phi) is 4.58. The molecule has 1 aromatic rings. The molecule has 5 nitrogen and oxygen atoms in total. The van der Waals surface area contributed by atoms with Crippen LogP contribution in [0.2, 0.25) is 0 Å². The van der Waals surface area contributed by atoms with Gasteiger partial charge in [-0.3, -0.25) is 0 Å². The summed E-state index contributed by atoms with van der Waals surface area (Å²) in [5.41, 5.74) is 0. The zero-order chi connectivity index (χ0) is 14.7. The van der Waals surface area contributed by atoms with Gasteiger partial charge in [0.15, 0.2) is 0 Å². The van der Waals surface area contributed by atoms with Crippen molar-refractivity contribution in [2.45, 2.75) is 45.6 Å². The fourth-order valence-electron chi connectivity index (χ4n) is 2.96. The average Bonchev–Trinajstić information content (AvgIpc) is 3.11. The summed E-state index contributed by atoms with van der Waals surface area (Å²) in [6, 6.07) is 2.59. The van der Waals surface area contributed by atoms with E-state index < -0.39 is 0 Å². The standard InChI is InChI=1S/C16H26N4O/c1-3-21-16-9-15(18-12(2)19-16)20(10-13-6-7-13)11-14-5-4-8-17-14/h9,13-14,17H,3-8,10-11H2,1-2H3. The lowest BCUT2D eigenvalue weighted by Crippen LogP contribution is -2.39. The summed E-state index contributed by atoms with van der Waals surface area (Å²) in [6.07, 6.45) is 5.27. The second-order valence-electron chi connectivity index (χ2n) is 6.19. The highest BCUT2D eigenvalue weighted by atomic mass is 16.5. The number of aryl methyl sites for hydroxylation is 1. The van der Waals surface area contributed by atoms with E-state index in [1.807, 2.05) is 19.9 Å². The van der Waals surface area contributed by atoms with E-state index in [-0.39, 0.29) is 0 Å². The highest BCUT2D eigenvalue weighted by molar-refractivity contribution is 5.42. The van der Waals surface area contributed by atoms with Crippen LogP contribution in [0.15, 0.2) is 6.07 Å². The van der Waals surface area contributed by atoms with Gasteiger partial charge >= 0.3 is 0 Å². The van der Waals surface area contributed by atoms with E-state index in [1.165, 1.54) is 25.7 Å². The predicted molar refractivity (Wildman–Crippen MR) is 83.9 cm³/mol. The molecule has 116 valence electrons. The molecule has 1 aliphatic heterocycles. The third kappa shape index (κ3) is 4.06. The lowest BCUT2D eigenvalue weighted by atomic mass is 10.2. The van der Waals surface area contributed by atoms with Gasteiger partial charge in [-0.15, -0.1) is 0 Å². The Hall–Kier alpha value is -1.36. The zero-order valence-electron chi connectivity index (χ0n) is 13.1. The lowest BCUT2D eigenvalue weighted by Gasteiger charge is -2.27. The molecule has 0 spiro atoms. The fraction of sp³-hybridized carbons (Fsp3) is 0.750. The Morgan fingerprint density at radius 2 is 2.14 bits per heavy atom. The van der Waals surface area contributed by atoms with Crippen molar-refractivity contribution in [3.8, 4) is 5.88 Å². The summed E-state index contributed by atoms with van der Waals surface area (Å²) in [6.45, 7) is 7.87. The molecule has 1 N–H and O–H groups in total. The van der Waals surface area contributed by atoms with Crippen molar-refractivity contribution in [3.63, 3.8) is 0 Å². The molecule has 0 aromatic carbocycles. The molecule has 2 fully saturated rings. The summed E-state index contributed by atoms with van der Waals surface area (Å²) in [5.74, 6) is 3.35. The molecule has 3 rings (SSSR count). The van der Waals surface area contributed by atoms with Gasteiger partial charge in [0.2, 0.25) is 5.88 Å². The molecule has 0 bridgehead atoms. The lowest BCUT2D eigenvalue weighted by molar-refractivity contribution is 0.325. The monoisotopic (exact) mass is 290 g/mol. The van der Waals surface area contributed by atoms with E-state index in [4.69, 9.17) is 4.74 Å². The molecule has 5 heteroatoms. The molecule has 0 radical (unpaired) electrons. The number of rotatable bonds is 7. The van der Waals surface area contributed by atoms with E-state index in [0.29, 0.717) is 18.5 Å². The van der Waals surface area contributed by atoms with Gasteiger partial charge in [0, 0.05) is 25.2 Å². The topological polar surface area (TPSA) is 50.3 Å². The minimum absolute atomic E-state index is 0.592. The van der Waals surface area contributed by atoms with E-state index in [9.17, 15) is 0 Å². The molecule has 21 heavy (non-hydrogen) atoms. The molecule has 2 aliphatic rings. The number of anilines is 1. The van der Waals surface area contributed by atoms with Crippen molar-refractivity contribution in [2.75, 3.05) is 31.1 Å². The third-order valence-corrected chi connectivity index (χ3v) is 4.20. The highest BCUT2D eigenvalue weighted by Crippen LogP contribution is 2.32. The SMILES string of the molecule is CCOc1cc(N(CC2CC2)CC2CCCN2)nc(C)n1. The summed E-state index contributed by atoms with van der Waals surface area (Å²) in [7, 11) is 0. The van der Waals surface area contributed by atoms with Crippen LogP contribution in [-0.2, 0) is 0 Å². The Labute approximate surface area is 127 Å². The Morgan fingerprint density at radius 1 is 1.29 bits per heavy atom. The Morgan fingerprint density at radius 3 is 2.81 bits per heavy atom. The number of hydrogen-bond donors (Lipinski definition) is 1. The fourth-order valence-corrected chi connectivity index (χ4v) is 2.96. The molecular formula is C16H26N4O. The first-order valence-corrected chi connectivity index (χ1v) is 8.21. The molecule has 0 amide bonds. The zero-order valence-corrected chi connectivity index (χ0v) is 13.1. The van der Waals surface area contributed by atoms with Crippen LogP contribution in [0.4, 0.5) is 5.82 Å². The highest BCUT2D eigenvalue weighted by Gasteiger charge is 2.27. The second kappa shape index (κ2) is 6.60. The van der Waals surface area contributed by atoms with E-state index >= 15 is 0 Å². The molecular weight excluding hydrogens is 264 g/mol. The first kappa shape index (κ1) is 14.6. The maximum atomic E-state index is 5.57. The summed E-state index contributed by atoms with van der Waals surface area (Å²) in [5, 5.41) is 3.59. The smallest absolute Gasteiger partial charge is 0.218 e. The van der Waals surface area contributed by atoms with E-state index in [1.54, 1.807) is 0 Å². The van der Waals surface area contributed by atoms with Crippen LogP contribution in [0.25, 0.3) is 0 Å². The van der Waals surface area contributed by atoms with Crippen molar-refractivity contribution < 1.29 is 4.74 Å². The number of aromatic nitrogens is 2.